The monoisotopic (exact) mass is 167 g/mol. The van der Waals surface area contributed by atoms with Crippen LogP contribution < -0.4 is 5.73 Å². The summed E-state index contributed by atoms with van der Waals surface area (Å²) in [4.78, 5) is 12.9. The number of nitrogens with two attached hydrogens (primary N) is 1. The Hall–Kier alpha value is -1.08. The van der Waals surface area contributed by atoms with Gasteiger partial charge in [-0.15, -0.1) is 0 Å². The molecule has 4 heteroatoms. The van der Waals surface area contributed by atoms with E-state index >= 15 is 0 Å². The molecule has 1 aliphatic rings. The molecule has 66 valence electrons. The van der Waals surface area contributed by atoms with Crippen molar-refractivity contribution in [3.8, 4) is 6.07 Å². The van der Waals surface area contributed by atoms with Crippen LogP contribution in [-0.4, -0.2) is 29.9 Å². The molecule has 0 aromatic carbocycles. The van der Waals surface area contributed by atoms with E-state index in [0.29, 0.717) is 6.54 Å². The molecular weight excluding hydrogens is 154 g/mol. The lowest BCUT2D eigenvalue weighted by molar-refractivity contribution is -0.131. The second-order valence-corrected chi connectivity index (χ2v) is 3.08. The first kappa shape index (κ1) is 9.01. The van der Waals surface area contributed by atoms with Crippen molar-refractivity contribution >= 4 is 5.91 Å². The summed E-state index contributed by atoms with van der Waals surface area (Å²) in [6.45, 7) is 1.37. The molecule has 1 atom stereocenters. The minimum Gasteiger partial charge on any atom is -0.340 e. The molecule has 0 radical (unpaired) electrons. The van der Waals surface area contributed by atoms with E-state index in [1.54, 1.807) is 4.90 Å². The molecule has 0 saturated carbocycles. The van der Waals surface area contributed by atoms with Crippen LogP contribution in [0.1, 0.15) is 19.3 Å². The van der Waals surface area contributed by atoms with Gasteiger partial charge in [0.1, 0.15) is 6.42 Å². The number of carbonyl (C=O) groups excluding carboxylic acids is 1. The molecule has 1 rings (SSSR count). The van der Waals surface area contributed by atoms with Crippen LogP contribution in [0.25, 0.3) is 0 Å². The SMILES string of the molecule is N#CCC(=O)N1CCC[C@@H](N)C1. The molecule has 2 N–H and O–H groups in total. The highest BCUT2D eigenvalue weighted by Gasteiger charge is 2.20. The predicted octanol–water partition coefficient (Wildman–Crippen LogP) is -0.150. The maximum Gasteiger partial charge on any atom is 0.236 e. The van der Waals surface area contributed by atoms with Gasteiger partial charge < -0.3 is 10.6 Å². The van der Waals surface area contributed by atoms with E-state index in [-0.39, 0.29) is 18.4 Å². The average Bonchev–Trinajstić information content (AvgIpc) is 2.05. The highest BCUT2D eigenvalue weighted by molar-refractivity contribution is 5.78. The Balaban J connectivity index is 2.41. The molecule has 0 aliphatic carbocycles. The number of hydrogen-bond donors (Lipinski definition) is 1. The van der Waals surface area contributed by atoms with Crippen LogP contribution in [0, 0.1) is 11.3 Å². The van der Waals surface area contributed by atoms with Crippen LogP contribution in [-0.2, 0) is 4.79 Å². The maximum atomic E-state index is 11.2. The fourth-order valence-electron chi connectivity index (χ4n) is 1.42. The molecule has 0 unspecified atom stereocenters. The van der Waals surface area contributed by atoms with Crippen LogP contribution in [0.4, 0.5) is 0 Å². The number of carbonyl (C=O) groups is 1. The van der Waals surface area contributed by atoms with Gasteiger partial charge in [0.05, 0.1) is 6.07 Å². The van der Waals surface area contributed by atoms with Crippen LogP contribution in [0.2, 0.25) is 0 Å². The third-order valence-electron chi connectivity index (χ3n) is 2.04. The molecule has 0 aromatic heterocycles. The van der Waals surface area contributed by atoms with Crippen molar-refractivity contribution in [1.82, 2.24) is 4.90 Å². The molecule has 1 aliphatic heterocycles. The van der Waals surface area contributed by atoms with E-state index in [0.717, 1.165) is 19.4 Å². The number of nitrogens with zero attached hydrogens (tertiary/aromatic N) is 2. The molecule has 0 spiro atoms. The second-order valence-electron chi connectivity index (χ2n) is 3.08. The van der Waals surface area contributed by atoms with Crippen molar-refractivity contribution in [1.29, 1.82) is 5.26 Å². The molecular formula is C8H13N3O. The van der Waals surface area contributed by atoms with Gasteiger partial charge in [-0.1, -0.05) is 0 Å². The zero-order valence-corrected chi connectivity index (χ0v) is 6.99. The van der Waals surface area contributed by atoms with Crippen LogP contribution >= 0.6 is 0 Å². The molecule has 0 bridgehead atoms. The third-order valence-corrected chi connectivity index (χ3v) is 2.04. The molecule has 1 fully saturated rings. The fourth-order valence-corrected chi connectivity index (χ4v) is 1.42. The van der Waals surface area contributed by atoms with Crippen molar-refractivity contribution in [2.24, 2.45) is 5.73 Å². The van der Waals surface area contributed by atoms with Crippen molar-refractivity contribution in [3.63, 3.8) is 0 Å². The standard InChI is InChI=1S/C8H13N3O/c9-4-3-8(12)11-5-1-2-7(10)6-11/h7H,1-3,5-6,10H2/t7-/m1/s1. The summed E-state index contributed by atoms with van der Waals surface area (Å²) in [7, 11) is 0. The van der Waals surface area contributed by atoms with Crippen molar-refractivity contribution in [2.45, 2.75) is 25.3 Å². The zero-order chi connectivity index (χ0) is 8.97. The lowest BCUT2D eigenvalue weighted by Crippen LogP contribution is -2.45. The van der Waals surface area contributed by atoms with E-state index in [4.69, 9.17) is 11.0 Å². The van der Waals surface area contributed by atoms with Gasteiger partial charge in [-0.05, 0) is 12.8 Å². The largest absolute Gasteiger partial charge is 0.340 e. The van der Waals surface area contributed by atoms with E-state index < -0.39 is 0 Å². The summed E-state index contributed by atoms with van der Waals surface area (Å²) in [5.41, 5.74) is 5.68. The molecule has 1 saturated heterocycles. The van der Waals surface area contributed by atoms with E-state index in [9.17, 15) is 4.79 Å². The summed E-state index contributed by atoms with van der Waals surface area (Å²) < 4.78 is 0. The van der Waals surface area contributed by atoms with Crippen molar-refractivity contribution in [2.75, 3.05) is 13.1 Å². The topological polar surface area (TPSA) is 70.1 Å². The van der Waals surface area contributed by atoms with Crippen LogP contribution in [0.15, 0.2) is 0 Å². The van der Waals surface area contributed by atoms with Crippen molar-refractivity contribution in [3.05, 3.63) is 0 Å². The Labute approximate surface area is 71.9 Å². The Morgan fingerprint density at radius 1 is 1.75 bits per heavy atom. The van der Waals surface area contributed by atoms with E-state index in [1.807, 2.05) is 6.07 Å². The van der Waals surface area contributed by atoms with Gasteiger partial charge >= 0.3 is 0 Å². The van der Waals surface area contributed by atoms with Crippen LogP contribution in [0.5, 0.6) is 0 Å². The summed E-state index contributed by atoms with van der Waals surface area (Å²) in [6, 6.07) is 1.95. The Morgan fingerprint density at radius 2 is 2.50 bits per heavy atom. The first-order valence-electron chi connectivity index (χ1n) is 4.14. The van der Waals surface area contributed by atoms with Gasteiger partial charge in [0.2, 0.25) is 5.91 Å². The minimum absolute atomic E-state index is 0.0211. The first-order valence-corrected chi connectivity index (χ1v) is 4.14. The summed E-state index contributed by atoms with van der Waals surface area (Å²) in [6.07, 6.45) is 1.92. The normalized spacial score (nSPS) is 23.3. The Morgan fingerprint density at radius 3 is 3.08 bits per heavy atom. The van der Waals surface area contributed by atoms with Gasteiger partial charge in [-0.25, -0.2) is 0 Å². The molecule has 12 heavy (non-hydrogen) atoms. The highest BCUT2D eigenvalue weighted by atomic mass is 16.2. The molecule has 1 heterocycles. The quantitative estimate of drug-likeness (QED) is 0.590. The first-order chi connectivity index (χ1) is 5.74. The number of hydrogen-bond acceptors (Lipinski definition) is 3. The number of nitriles is 1. The van der Waals surface area contributed by atoms with Gasteiger partial charge in [0.25, 0.3) is 0 Å². The van der Waals surface area contributed by atoms with Gasteiger partial charge in [-0.3, -0.25) is 4.79 Å². The summed E-state index contributed by atoms with van der Waals surface area (Å²) in [5, 5.41) is 8.30. The predicted molar refractivity (Wildman–Crippen MR) is 44.0 cm³/mol. The van der Waals surface area contributed by atoms with E-state index in [1.165, 1.54) is 0 Å². The molecule has 4 nitrogen and oxygen atoms in total. The van der Waals surface area contributed by atoms with Gasteiger partial charge in [0.15, 0.2) is 0 Å². The highest BCUT2D eigenvalue weighted by Crippen LogP contribution is 2.08. The maximum absolute atomic E-state index is 11.2. The average molecular weight is 167 g/mol. The number of likely N-dealkylation sites (tertiary alicyclic amines) is 1. The zero-order valence-electron chi connectivity index (χ0n) is 6.99. The molecule has 0 aromatic rings. The number of rotatable bonds is 1. The Kier molecular flexibility index (Phi) is 3.06. The van der Waals surface area contributed by atoms with Crippen LogP contribution in [0.3, 0.4) is 0 Å². The lowest BCUT2D eigenvalue weighted by Gasteiger charge is -2.30. The van der Waals surface area contributed by atoms with E-state index in [2.05, 4.69) is 0 Å². The number of amides is 1. The Bertz CT molecular complexity index is 209. The minimum atomic E-state index is -0.0901. The molecule has 1 amide bonds. The smallest absolute Gasteiger partial charge is 0.236 e. The van der Waals surface area contributed by atoms with Crippen molar-refractivity contribution < 1.29 is 4.79 Å². The fraction of sp³-hybridized carbons (Fsp3) is 0.750. The van der Waals surface area contributed by atoms with Gasteiger partial charge in [-0.2, -0.15) is 5.26 Å². The lowest BCUT2D eigenvalue weighted by atomic mass is 10.1. The summed E-state index contributed by atoms with van der Waals surface area (Å²) in [5.74, 6) is -0.0901. The third kappa shape index (κ3) is 2.21. The summed E-state index contributed by atoms with van der Waals surface area (Å²) >= 11 is 0. The number of piperidine rings is 1. The second kappa shape index (κ2) is 4.07. The van der Waals surface area contributed by atoms with Gasteiger partial charge in [0, 0.05) is 19.1 Å².